The maximum atomic E-state index is 12.4. The summed E-state index contributed by atoms with van der Waals surface area (Å²) in [6.07, 6.45) is 1.66. The Morgan fingerprint density at radius 2 is 2.00 bits per heavy atom. The minimum atomic E-state index is -0.757. The Morgan fingerprint density at radius 3 is 2.57 bits per heavy atom. The molecule has 6 heteroatoms. The molecule has 1 unspecified atom stereocenters. The lowest BCUT2D eigenvalue weighted by Gasteiger charge is -2.15. The van der Waals surface area contributed by atoms with Crippen LogP contribution in [0.4, 0.5) is 0 Å². The van der Waals surface area contributed by atoms with Gasteiger partial charge in [0.2, 0.25) is 0 Å². The number of rotatable bonds is 7. The van der Waals surface area contributed by atoms with Crippen molar-refractivity contribution in [3.05, 3.63) is 58.9 Å². The third kappa shape index (κ3) is 4.01. The number of halogens is 1. The second-order valence-electron chi connectivity index (χ2n) is 4.46. The van der Waals surface area contributed by atoms with E-state index < -0.39 is 6.04 Å². The molecule has 0 aliphatic rings. The van der Waals surface area contributed by atoms with E-state index in [9.17, 15) is 9.59 Å². The van der Waals surface area contributed by atoms with E-state index in [1.165, 1.54) is 7.11 Å². The van der Waals surface area contributed by atoms with E-state index in [0.717, 1.165) is 0 Å². The zero-order valence-electron chi connectivity index (χ0n) is 11.4. The van der Waals surface area contributed by atoms with Crippen molar-refractivity contribution >= 4 is 23.2 Å². The van der Waals surface area contributed by atoms with Gasteiger partial charge in [0.1, 0.15) is 6.04 Å². The molecule has 110 valence electrons. The minimum Gasteiger partial charge on any atom is -0.359 e. The topological polar surface area (TPSA) is 71.2 Å². The van der Waals surface area contributed by atoms with Gasteiger partial charge in [-0.2, -0.15) is 5.48 Å². The Hall–Kier alpha value is -1.95. The van der Waals surface area contributed by atoms with Gasteiger partial charge in [-0.25, -0.2) is 0 Å². The summed E-state index contributed by atoms with van der Waals surface area (Å²) in [5.41, 5.74) is 3.50. The molecule has 0 aliphatic heterocycles. The first-order valence-electron chi connectivity index (χ1n) is 6.36. The molecule has 2 rings (SSSR count). The summed E-state index contributed by atoms with van der Waals surface area (Å²) in [6.45, 7) is 0. The molecule has 1 aromatic heterocycles. The molecule has 2 N–H and O–H groups in total. The molecule has 1 aromatic carbocycles. The summed E-state index contributed by atoms with van der Waals surface area (Å²) in [7, 11) is 1.40. The Bertz CT molecular complexity index is 608. The zero-order chi connectivity index (χ0) is 15.2. The van der Waals surface area contributed by atoms with Gasteiger partial charge in [0.05, 0.1) is 12.8 Å². The van der Waals surface area contributed by atoms with Crippen molar-refractivity contribution in [3.63, 3.8) is 0 Å². The molecule has 1 heterocycles. The number of hydrogen-bond donors (Lipinski definition) is 2. The number of Topliss-reactive ketones (excluding diaryl/α,β-unsaturated/α-hetero) is 2. The lowest BCUT2D eigenvalue weighted by atomic mass is 9.99. The van der Waals surface area contributed by atoms with Crippen LogP contribution in [0.1, 0.15) is 27.3 Å². The molecule has 0 fully saturated rings. The number of carbonyl (C=O) groups is 2. The van der Waals surface area contributed by atoms with Crippen LogP contribution in [-0.2, 0) is 4.84 Å². The molecule has 0 radical (unpaired) electrons. The molecule has 0 saturated heterocycles. The molecule has 0 saturated carbocycles. The number of aromatic nitrogens is 1. The number of H-pyrrole nitrogens is 1. The zero-order valence-corrected chi connectivity index (χ0v) is 12.2. The number of aromatic amines is 1. The maximum Gasteiger partial charge on any atom is 0.182 e. The SMILES string of the molecule is CONC(CC(=O)c1ccc[nH]1)C(=O)c1ccc(Cl)cc1. The molecule has 21 heavy (non-hydrogen) atoms. The lowest BCUT2D eigenvalue weighted by molar-refractivity contribution is 0.0473. The van der Waals surface area contributed by atoms with Gasteiger partial charge < -0.3 is 9.82 Å². The van der Waals surface area contributed by atoms with Crippen LogP contribution in [-0.4, -0.2) is 29.7 Å². The summed E-state index contributed by atoms with van der Waals surface area (Å²) < 4.78 is 0. The predicted octanol–water partition coefficient (Wildman–Crippen LogP) is 2.64. The third-order valence-electron chi connectivity index (χ3n) is 2.99. The largest absolute Gasteiger partial charge is 0.359 e. The first-order valence-corrected chi connectivity index (χ1v) is 6.74. The van der Waals surface area contributed by atoms with Crippen molar-refractivity contribution in [3.8, 4) is 0 Å². The average Bonchev–Trinajstić information content (AvgIpc) is 3.01. The van der Waals surface area contributed by atoms with E-state index in [1.807, 2.05) is 0 Å². The van der Waals surface area contributed by atoms with Crippen molar-refractivity contribution in [1.29, 1.82) is 0 Å². The van der Waals surface area contributed by atoms with Gasteiger partial charge in [0.15, 0.2) is 11.6 Å². The Labute approximate surface area is 127 Å². The van der Waals surface area contributed by atoms with Gasteiger partial charge in [-0.05, 0) is 36.4 Å². The Balaban J connectivity index is 2.12. The average molecular weight is 307 g/mol. The van der Waals surface area contributed by atoms with E-state index in [-0.39, 0.29) is 18.0 Å². The second kappa shape index (κ2) is 7.17. The molecule has 0 amide bonds. The fourth-order valence-electron chi connectivity index (χ4n) is 1.94. The molecule has 1 atom stereocenters. The molecule has 0 spiro atoms. The van der Waals surface area contributed by atoms with Gasteiger partial charge >= 0.3 is 0 Å². The minimum absolute atomic E-state index is 0.00415. The fraction of sp³-hybridized carbons (Fsp3) is 0.200. The summed E-state index contributed by atoms with van der Waals surface area (Å²) in [4.78, 5) is 32.1. The van der Waals surface area contributed by atoms with E-state index in [0.29, 0.717) is 16.3 Å². The van der Waals surface area contributed by atoms with E-state index in [2.05, 4.69) is 10.5 Å². The number of hydroxylamine groups is 1. The van der Waals surface area contributed by atoms with Crippen LogP contribution in [0.5, 0.6) is 0 Å². The number of carbonyl (C=O) groups excluding carboxylic acids is 2. The number of benzene rings is 1. The standard InChI is InChI=1S/C15H15ClN2O3/c1-21-18-13(9-14(19)12-3-2-8-17-12)15(20)10-4-6-11(16)7-5-10/h2-8,13,17-18H,9H2,1H3. The van der Waals surface area contributed by atoms with E-state index >= 15 is 0 Å². The Morgan fingerprint density at radius 1 is 1.29 bits per heavy atom. The highest BCUT2D eigenvalue weighted by molar-refractivity contribution is 6.30. The van der Waals surface area contributed by atoms with Crippen LogP contribution < -0.4 is 5.48 Å². The molecule has 2 aromatic rings. The van der Waals surface area contributed by atoms with Gasteiger partial charge in [-0.15, -0.1) is 0 Å². The quantitative estimate of drug-likeness (QED) is 0.609. The van der Waals surface area contributed by atoms with Gasteiger partial charge in [0, 0.05) is 23.2 Å². The van der Waals surface area contributed by atoms with Crippen LogP contribution in [0.15, 0.2) is 42.6 Å². The van der Waals surface area contributed by atoms with Crippen molar-refractivity contribution in [2.24, 2.45) is 0 Å². The lowest BCUT2D eigenvalue weighted by Crippen LogP contribution is -2.38. The molecule has 0 aliphatic carbocycles. The number of hydrogen-bond acceptors (Lipinski definition) is 4. The maximum absolute atomic E-state index is 12.4. The summed E-state index contributed by atoms with van der Waals surface area (Å²) >= 11 is 5.80. The smallest absolute Gasteiger partial charge is 0.182 e. The summed E-state index contributed by atoms with van der Waals surface area (Å²) in [6, 6.07) is 9.14. The van der Waals surface area contributed by atoms with E-state index in [4.69, 9.17) is 16.4 Å². The first-order chi connectivity index (χ1) is 10.1. The second-order valence-corrected chi connectivity index (χ2v) is 4.89. The van der Waals surface area contributed by atoms with Gasteiger partial charge in [-0.1, -0.05) is 11.6 Å². The number of nitrogens with one attached hydrogen (secondary N) is 2. The fourth-order valence-corrected chi connectivity index (χ4v) is 2.07. The highest BCUT2D eigenvalue weighted by Crippen LogP contribution is 2.13. The van der Waals surface area contributed by atoms with Crippen molar-refractivity contribution in [2.45, 2.75) is 12.5 Å². The first kappa shape index (κ1) is 15.4. The summed E-state index contributed by atoms with van der Waals surface area (Å²) in [5.74, 6) is -0.398. The van der Waals surface area contributed by atoms with Crippen LogP contribution >= 0.6 is 11.6 Å². The van der Waals surface area contributed by atoms with Gasteiger partial charge in [-0.3, -0.25) is 9.59 Å². The van der Waals surface area contributed by atoms with Crippen molar-refractivity contribution in [1.82, 2.24) is 10.5 Å². The third-order valence-corrected chi connectivity index (χ3v) is 3.25. The van der Waals surface area contributed by atoms with Crippen LogP contribution in [0.3, 0.4) is 0 Å². The van der Waals surface area contributed by atoms with Crippen molar-refractivity contribution < 1.29 is 14.4 Å². The van der Waals surface area contributed by atoms with Crippen LogP contribution in [0, 0.1) is 0 Å². The normalized spacial score (nSPS) is 12.1. The molecular formula is C15H15ClN2O3. The highest BCUT2D eigenvalue weighted by atomic mass is 35.5. The molecular weight excluding hydrogens is 292 g/mol. The Kier molecular flexibility index (Phi) is 5.27. The van der Waals surface area contributed by atoms with Crippen molar-refractivity contribution in [2.75, 3.05) is 7.11 Å². The monoisotopic (exact) mass is 306 g/mol. The summed E-state index contributed by atoms with van der Waals surface area (Å²) in [5, 5.41) is 0.547. The molecule has 5 nitrogen and oxygen atoms in total. The van der Waals surface area contributed by atoms with Crippen LogP contribution in [0.2, 0.25) is 5.02 Å². The highest BCUT2D eigenvalue weighted by Gasteiger charge is 2.24. The van der Waals surface area contributed by atoms with E-state index in [1.54, 1.807) is 42.6 Å². The molecule has 0 bridgehead atoms. The van der Waals surface area contributed by atoms with Crippen LogP contribution in [0.25, 0.3) is 0 Å². The number of ketones is 2. The predicted molar refractivity (Wildman–Crippen MR) is 79.5 cm³/mol. The van der Waals surface area contributed by atoms with Gasteiger partial charge in [0.25, 0.3) is 0 Å².